The molecule has 1 aliphatic heterocycles. The van der Waals surface area contributed by atoms with Gasteiger partial charge in [-0.1, -0.05) is 18.2 Å². The second-order valence-corrected chi connectivity index (χ2v) is 4.70. The largest absolute Gasteiger partial charge is 0.497 e. The number of hydrogen-bond acceptors (Lipinski definition) is 3. The lowest BCUT2D eigenvalue weighted by atomic mass is 10.0. The smallest absolute Gasteiger partial charge is 0.256 e. The third-order valence-corrected chi connectivity index (χ3v) is 3.39. The van der Waals surface area contributed by atoms with Crippen LogP contribution in [0.15, 0.2) is 42.5 Å². The van der Waals surface area contributed by atoms with Crippen LogP contribution in [0.4, 0.5) is 5.69 Å². The molecule has 0 spiro atoms. The third kappa shape index (κ3) is 2.48. The number of ether oxygens (including phenoxy) is 2. The number of para-hydroxylation sites is 1. The number of benzene rings is 2. The first-order valence-electron chi connectivity index (χ1n) is 6.57. The summed E-state index contributed by atoms with van der Waals surface area (Å²) in [6, 6.07) is 13.2. The number of nitrogens with one attached hydrogen (secondary N) is 1. The van der Waals surface area contributed by atoms with Gasteiger partial charge < -0.3 is 14.8 Å². The molecule has 1 amide bonds. The molecule has 1 N–H and O–H groups in total. The highest BCUT2D eigenvalue weighted by molar-refractivity contribution is 6.34. The molecule has 2 aromatic carbocycles. The molecule has 3 rings (SSSR count). The van der Waals surface area contributed by atoms with E-state index in [1.807, 2.05) is 42.5 Å². The van der Waals surface area contributed by atoms with Gasteiger partial charge in [-0.05, 0) is 29.8 Å². The van der Waals surface area contributed by atoms with E-state index in [9.17, 15) is 4.79 Å². The normalized spacial score (nSPS) is 14.8. The van der Waals surface area contributed by atoms with E-state index >= 15 is 0 Å². The summed E-state index contributed by atoms with van der Waals surface area (Å²) in [5.41, 5.74) is 3.24. The Balaban J connectivity index is 2.08. The molecule has 1 heterocycles. The van der Waals surface area contributed by atoms with Gasteiger partial charge in [0.15, 0.2) is 0 Å². The van der Waals surface area contributed by atoms with Crippen LogP contribution >= 0.6 is 0 Å². The first-order chi connectivity index (χ1) is 10.2. The Hall–Kier alpha value is -2.75. The molecule has 0 bridgehead atoms. The summed E-state index contributed by atoms with van der Waals surface area (Å²) in [6.07, 6.45) is 1.84. The number of hydrogen-bond donors (Lipinski definition) is 1. The van der Waals surface area contributed by atoms with Gasteiger partial charge in [-0.2, -0.15) is 0 Å². The lowest BCUT2D eigenvalue weighted by Gasteiger charge is -2.06. The van der Waals surface area contributed by atoms with Gasteiger partial charge in [-0.15, -0.1) is 0 Å². The second-order valence-electron chi connectivity index (χ2n) is 4.70. The SMILES string of the molecule is COc1cc(/C=C2\C(=O)Nc3ccccc32)cc(OC)c1. The summed E-state index contributed by atoms with van der Waals surface area (Å²) in [4.78, 5) is 12.1. The quantitative estimate of drug-likeness (QED) is 0.879. The minimum atomic E-state index is -0.0991. The van der Waals surface area contributed by atoms with Gasteiger partial charge in [-0.3, -0.25) is 4.79 Å². The average molecular weight is 281 g/mol. The van der Waals surface area contributed by atoms with Crippen molar-refractivity contribution in [2.45, 2.75) is 0 Å². The molecule has 0 radical (unpaired) electrons. The van der Waals surface area contributed by atoms with Crippen molar-refractivity contribution in [2.24, 2.45) is 0 Å². The highest BCUT2D eigenvalue weighted by Crippen LogP contribution is 2.33. The van der Waals surface area contributed by atoms with Gasteiger partial charge in [0.05, 0.1) is 14.2 Å². The molecular weight excluding hydrogens is 266 g/mol. The zero-order valence-corrected chi connectivity index (χ0v) is 11.8. The Morgan fingerprint density at radius 3 is 2.33 bits per heavy atom. The van der Waals surface area contributed by atoms with E-state index in [0.29, 0.717) is 17.1 Å². The molecule has 0 saturated heterocycles. The highest BCUT2D eigenvalue weighted by Gasteiger charge is 2.23. The molecule has 21 heavy (non-hydrogen) atoms. The van der Waals surface area contributed by atoms with E-state index in [2.05, 4.69) is 5.32 Å². The molecule has 0 atom stereocenters. The van der Waals surface area contributed by atoms with Crippen LogP contribution in [-0.4, -0.2) is 20.1 Å². The molecular formula is C17H15NO3. The number of carbonyl (C=O) groups is 1. The second kappa shape index (κ2) is 5.32. The van der Waals surface area contributed by atoms with Crippen molar-refractivity contribution in [3.63, 3.8) is 0 Å². The van der Waals surface area contributed by atoms with Crippen LogP contribution in [0.2, 0.25) is 0 Å². The molecule has 2 aromatic rings. The Morgan fingerprint density at radius 2 is 1.67 bits per heavy atom. The lowest BCUT2D eigenvalue weighted by molar-refractivity contribution is -0.110. The molecule has 1 aliphatic rings. The topological polar surface area (TPSA) is 47.6 Å². The van der Waals surface area contributed by atoms with Crippen LogP contribution in [0, 0.1) is 0 Å². The third-order valence-electron chi connectivity index (χ3n) is 3.39. The fourth-order valence-electron chi connectivity index (χ4n) is 2.36. The molecule has 0 aromatic heterocycles. The van der Waals surface area contributed by atoms with Crippen molar-refractivity contribution in [3.05, 3.63) is 53.6 Å². The van der Waals surface area contributed by atoms with Crippen molar-refractivity contribution < 1.29 is 14.3 Å². The van der Waals surface area contributed by atoms with E-state index in [0.717, 1.165) is 16.8 Å². The Morgan fingerprint density at radius 1 is 1.00 bits per heavy atom. The fourth-order valence-corrected chi connectivity index (χ4v) is 2.36. The van der Waals surface area contributed by atoms with Crippen molar-refractivity contribution in [1.82, 2.24) is 0 Å². The standard InChI is InChI=1S/C17H15NO3/c1-20-12-7-11(8-13(10-12)21-2)9-15-14-5-3-4-6-16(14)18-17(15)19/h3-10H,1-2H3,(H,18,19)/b15-9-. The summed E-state index contributed by atoms with van der Waals surface area (Å²) in [5.74, 6) is 1.28. The first kappa shape index (κ1) is 13.2. The monoisotopic (exact) mass is 281 g/mol. The van der Waals surface area contributed by atoms with Crippen LogP contribution in [0.5, 0.6) is 11.5 Å². The van der Waals surface area contributed by atoms with Crippen LogP contribution < -0.4 is 14.8 Å². The Bertz CT molecular complexity index is 712. The highest BCUT2D eigenvalue weighted by atomic mass is 16.5. The van der Waals surface area contributed by atoms with E-state index in [1.54, 1.807) is 20.3 Å². The van der Waals surface area contributed by atoms with Gasteiger partial charge in [-0.25, -0.2) is 0 Å². The van der Waals surface area contributed by atoms with Gasteiger partial charge in [0.2, 0.25) is 0 Å². The average Bonchev–Trinajstić information content (AvgIpc) is 2.83. The zero-order valence-electron chi connectivity index (χ0n) is 11.8. The minimum absolute atomic E-state index is 0.0991. The van der Waals surface area contributed by atoms with E-state index in [4.69, 9.17) is 9.47 Å². The first-order valence-corrected chi connectivity index (χ1v) is 6.57. The molecule has 0 fully saturated rings. The van der Waals surface area contributed by atoms with Crippen molar-refractivity contribution in [2.75, 3.05) is 19.5 Å². The summed E-state index contributed by atoms with van der Waals surface area (Å²) >= 11 is 0. The maximum atomic E-state index is 12.1. The Kier molecular flexibility index (Phi) is 3.36. The van der Waals surface area contributed by atoms with Gasteiger partial charge in [0.1, 0.15) is 11.5 Å². The predicted octanol–water partition coefficient (Wildman–Crippen LogP) is 3.20. The molecule has 4 heteroatoms. The zero-order chi connectivity index (χ0) is 14.8. The van der Waals surface area contributed by atoms with Crippen molar-refractivity contribution >= 4 is 23.2 Å². The lowest BCUT2D eigenvalue weighted by Crippen LogP contribution is -2.03. The maximum absolute atomic E-state index is 12.1. The van der Waals surface area contributed by atoms with Crippen LogP contribution in [-0.2, 0) is 4.79 Å². The van der Waals surface area contributed by atoms with Crippen LogP contribution in [0.3, 0.4) is 0 Å². The summed E-state index contributed by atoms with van der Waals surface area (Å²) in [6.45, 7) is 0. The molecule has 106 valence electrons. The minimum Gasteiger partial charge on any atom is -0.497 e. The summed E-state index contributed by atoms with van der Waals surface area (Å²) < 4.78 is 10.5. The van der Waals surface area contributed by atoms with E-state index in [1.165, 1.54) is 0 Å². The maximum Gasteiger partial charge on any atom is 0.256 e. The van der Waals surface area contributed by atoms with Gasteiger partial charge >= 0.3 is 0 Å². The van der Waals surface area contributed by atoms with Gasteiger partial charge in [0.25, 0.3) is 5.91 Å². The number of rotatable bonds is 3. The number of fused-ring (bicyclic) bond motifs is 1. The summed E-state index contributed by atoms with van der Waals surface area (Å²) in [5, 5.41) is 2.86. The number of amides is 1. The van der Waals surface area contributed by atoms with Crippen LogP contribution in [0.25, 0.3) is 11.6 Å². The number of methoxy groups -OCH3 is 2. The molecule has 0 aliphatic carbocycles. The summed E-state index contributed by atoms with van der Waals surface area (Å²) in [7, 11) is 3.20. The molecule has 4 nitrogen and oxygen atoms in total. The van der Waals surface area contributed by atoms with E-state index in [-0.39, 0.29) is 5.91 Å². The number of carbonyl (C=O) groups excluding carboxylic acids is 1. The van der Waals surface area contributed by atoms with E-state index < -0.39 is 0 Å². The van der Waals surface area contributed by atoms with Gasteiger partial charge in [0, 0.05) is 22.9 Å². The van der Waals surface area contributed by atoms with Crippen molar-refractivity contribution in [3.8, 4) is 11.5 Å². The fraction of sp³-hybridized carbons (Fsp3) is 0.118. The number of anilines is 1. The Labute approximate surface area is 123 Å². The van der Waals surface area contributed by atoms with Crippen molar-refractivity contribution in [1.29, 1.82) is 0 Å². The van der Waals surface area contributed by atoms with Crippen LogP contribution in [0.1, 0.15) is 11.1 Å². The predicted molar refractivity (Wildman–Crippen MR) is 82.5 cm³/mol. The molecule has 0 unspecified atom stereocenters. The molecule has 0 saturated carbocycles.